The van der Waals surface area contributed by atoms with Crippen molar-refractivity contribution in [2.75, 3.05) is 6.54 Å². The number of ether oxygens (including phenoxy) is 2. The average molecular weight is 977 g/mol. The summed E-state index contributed by atoms with van der Waals surface area (Å²) in [6, 6.07) is 19.1. The van der Waals surface area contributed by atoms with Crippen LogP contribution in [0.4, 0.5) is 4.79 Å². The Morgan fingerprint density at radius 3 is 1.76 bits per heavy atom. The zero-order chi connectivity index (χ0) is 51.3. The molecule has 1 saturated heterocycles. The van der Waals surface area contributed by atoms with Gasteiger partial charge in [0.05, 0.1) is 17.6 Å². The number of rotatable bonds is 13. The van der Waals surface area contributed by atoms with E-state index in [1.54, 1.807) is 33.9 Å². The van der Waals surface area contributed by atoms with Gasteiger partial charge in [0.2, 0.25) is 35.4 Å². The molecule has 8 unspecified atom stereocenters. The number of fused-ring (bicyclic) bond motifs is 2. The lowest BCUT2D eigenvalue weighted by molar-refractivity contribution is -0.140. The first-order valence-electron chi connectivity index (χ1n) is 24.8. The van der Waals surface area contributed by atoms with Crippen molar-refractivity contribution < 1.29 is 43.0 Å². The molecule has 382 valence electrons. The van der Waals surface area contributed by atoms with Crippen molar-refractivity contribution in [2.45, 2.75) is 160 Å². The molecule has 0 spiro atoms. The molecule has 2 heterocycles. The molecule has 0 bridgehead atoms. The maximum Gasteiger partial charge on any atom is 0.407 e. The number of amides is 7. The topological polar surface area (TPSA) is 238 Å². The number of H-pyrrole nitrogens is 1. The fourth-order valence-corrected chi connectivity index (χ4v) is 9.19. The molecule has 6 rings (SSSR count). The van der Waals surface area contributed by atoms with E-state index in [1.165, 1.54) is 0 Å². The van der Waals surface area contributed by atoms with E-state index in [4.69, 9.17) is 9.47 Å². The van der Waals surface area contributed by atoms with Crippen LogP contribution in [0.15, 0.2) is 91.1 Å². The van der Waals surface area contributed by atoms with E-state index < -0.39 is 101 Å². The van der Waals surface area contributed by atoms with E-state index in [-0.39, 0.29) is 32.2 Å². The van der Waals surface area contributed by atoms with Gasteiger partial charge in [0, 0.05) is 48.9 Å². The number of nitrogens with one attached hydrogen (secondary N) is 8. The number of unbranched alkanes of at least 4 members (excludes halogenated alkanes) is 1. The van der Waals surface area contributed by atoms with Gasteiger partial charge in [0.15, 0.2) is 0 Å². The highest BCUT2D eigenvalue weighted by atomic mass is 16.6. The highest BCUT2D eigenvalue weighted by molar-refractivity contribution is 5.98. The number of hydrogen-bond donors (Lipinski definition) is 8. The largest absolute Gasteiger partial charge is 0.444 e. The SMILES string of the molecule is CC(OC(C)(C)C)C1NC(=O)C(CCCCNC(=O)OC(C)(C)C)NC(=O)C(Cc2c[nH]c3ccccc23)NC(=O)C(Cc2ccccc2)NC(=O)C2CCCC2NC(=O)C(Cc2ccccc2)NC1=O. The Morgan fingerprint density at radius 1 is 0.606 bits per heavy atom. The molecule has 1 aromatic heterocycles. The monoisotopic (exact) mass is 977 g/mol. The maximum absolute atomic E-state index is 14.9. The summed E-state index contributed by atoms with van der Waals surface area (Å²) in [6.07, 6.45) is 2.71. The summed E-state index contributed by atoms with van der Waals surface area (Å²) in [7, 11) is 0. The molecule has 0 radical (unpaired) electrons. The molecule has 2 aliphatic rings. The molecular weight excluding hydrogens is 905 g/mol. The molecular formula is C54H72N8O9. The first-order valence-corrected chi connectivity index (χ1v) is 24.8. The van der Waals surface area contributed by atoms with Crippen LogP contribution in [0.1, 0.15) is 104 Å². The normalized spacial score (nSPS) is 23.6. The van der Waals surface area contributed by atoms with Gasteiger partial charge in [0.1, 0.15) is 35.8 Å². The zero-order valence-electron chi connectivity index (χ0n) is 42.0. The van der Waals surface area contributed by atoms with Crippen molar-refractivity contribution in [3.05, 3.63) is 108 Å². The molecule has 1 saturated carbocycles. The first kappa shape index (κ1) is 53.6. The Bertz CT molecular complexity index is 2470. The van der Waals surface area contributed by atoms with Gasteiger partial charge in [-0.2, -0.15) is 0 Å². The quantitative estimate of drug-likeness (QED) is 0.0857. The lowest BCUT2D eigenvalue weighted by Crippen LogP contribution is -2.62. The number of carbonyl (C=O) groups excluding carboxylic acids is 7. The van der Waals surface area contributed by atoms with Crippen LogP contribution in [0, 0.1) is 5.92 Å². The minimum atomic E-state index is -1.37. The van der Waals surface area contributed by atoms with Crippen molar-refractivity contribution in [1.82, 2.24) is 42.2 Å². The molecule has 1 aliphatic carbocycles. The van der Waals surface area contributed by atoms with Gasteiger partial charge in [-0.1, -0.05) is 85.3 Å². The molecule has 4 aromatic rings. The summed E-state index contributed by atoms with van der Waals surface area (Å²) in [5.41, 5.74) is 1.58. The summed E-state index contributed by atoms with van der Waals surface area (Å²) in [6.45, 7) is 12.6. The Balaban J connectivity index is 1.40. The van der Waals surface area contributed by atoms with Crippen LogP contribution in [0.3, 0.4) is 0 Å². The zero-order valence-corrected chi connectivity index (χ0v) is 42.0. The lowest BCUT2D eigenvalue weighted by atomic mass is 9.98. The van der Waals surface area contributed by atoms with Gasteiger partial charge in [-0.25, -0.2) is 4.79 Å². The molecule has 17 nitrogen and oxygen atoms in total. The van der Waals surface area contributed by atoms with E-state index in [0.29, 0.717) is 32.1 Å². The number of aromatic nitrogens is 1. The third kappa shape index (κ3) is 16.1. The van der Waals surface area contributed by atoms with Gasteiger partial charge in [-0.05, 0) is 103 Å². The Hall–Kier alpha value is -6.75. The third-order valence-corrected chi connectivity index (χ3v) is 12.6. The van der Waals surface area contributed by atoms with Crippen molar-refractivity contribution in [1.29, 1.82) is 0 Å². The fraction of sp³-hybridized carbons (Fsp3) is 0.500. The number of aromatic amines is 1. The lowest BCUT2D eigenvalue weighted by Gasteiger charge is -2.33. The highest BCUT2D eigenvalue weighted by Crippen LogP contribution is 2.27. The smallest absolute Gasteiger partial charge is 0.407 e. The van der Waals surface area contributed by atoms with E-state index in [1.807, 2.05) is 106 Å². The molecule has 3 aromatic carbocycles. The summed E-state index contributed by atoms with van der Waals surface area (Å²) >= 11 is 0. The van der Waals surface area contributed by atoms with Crippen molar-refractivity contribution in [2.24, 2.45) is 5.92 Å². The Kier molecular flexibility index (Phi) is 18.4. The van der Waals surface area contributed by atoms with Crippen LogP contribution >= 0.6 is 0 Å². The average Bonchev–Trinajstić information content (AvgIpc) is 3.95. The number of carbonyl (C=O) groups is 7. The standard InChI is InChI=1S/C54H72N8O9/c1-33(70-53(2,3)4)45-51(68)61-43(30-35-21-12-9-13-22-35)48(65)57-40-27-18-24-38(40)46(63)59-42(29-34-19-10-8-11-20-34)49(66)60-44(31-36-32-56-39-25-15-14-23-37(36)39)50(67)58-41(47(64)62-45)26-16-17-28-55-52(69)71-54(5,6)7/h8-15,19-23,25,32-33,38,40-45,56H,16-18,24,26-31H2,1-7H3,(H,55,69)(H,57,65)(H,58,67)(H,59,63)(H,60,66)(H,61,68)(H,62,64). The first-order chi connectivity index (χ1) is 33.7. The number of hydrogen-bond acceptors (Lipinski definition) is 9. The summed E-state index contributed by atoms with van der Waals surface area (Å²) < 4.78 is 11.7. The minimum absolute atomic E-state index is 0.00274. The molecule has 1 aliphatic heterocycles. The van der Waals surface area contributed by atoms with Gasteiger partial charge in [-0.15, -0.1) is 0 Å². The second-order valence-electron chi connectivity index (χ2n) is 20.7. The van der Waals surface area contributed by atoms with Gasteiger partial charge < -0.3 is 51.7 Å². The van der Waals surface area contributed by atoms with Crippen LogP contribution in [-0.4, -0.2) is 107 Å². The van der Waals surface area contributed by atoms with E-state index in [9.17, 15) is 33.6 Å². The van der Waals surface area contributed by atoms with Crippen LogP contribution in [0.2, 0.25) is 0 Å². The second-order valence-corrected chi connectivity index (χ2v) is 20.7. The van der Waals surface area contributed by atoms with Crippen LogP contribution in [0.25, 0.3) is 10.9 Å². The molecule has 7 amide bonds. The summed E-state index contributed by atoms with van der Waals surface area (Å²) in [5.74, 6) is -4.41. The Morgan fingerprint density at radius 2 is 1.14 bits per heavy atom. The van der Waals surface area contributed by atoms with Crippen LogP contribution in [-0.2, 0) is 57.5 Å². The van der Waals surface area contributed by atoms with Crippen molar-refractivity contribution in [3.63, 3.8) is 0 Å². The van der Waals surface area contributed by atoms with Gasteiger partial charge in [-0.3, -0.25) is 28.8 Å². The van der Waals surface area contributed by atoms with E-state index in [2.05, 4.69) is 42.2 Å². The second kappa shape index (κ2) is 24.4. The van der Waals surface area contributed by atoms with Crippen molar-refractivity contribution in [3.8, 4) is 0 Å². The molecule has 8 N–H and O–H groups in total. The molecule has 71 heavy (non-hydrogen) atoms. The third-order valence-electron chi connectivity index (χ3n) is 12.6. The van der Waals surface area contributed by atoms with E-state index >= 15 is 0 Å². The molecule has 17 heteroatoms. The highest BCUT2D eigenvalue weighted by Gasteiger charge is 2.40. The maximum atomic E-state index is 14.9. The predicted octanol–water partition coefficient (Wildman–Crippen LogP) is 4.82. The summed E-state index contributed by atoms with van der Waals surface area (Å²) in [5, 5.41) is 21.2. The Labute approximate surface area is 416 Å². The van der Waals surface area contributed by atoms with Crippen molar-refractivity contribution >= 4 is 52.4 Å². The number of para-hydroxylation sites is 1. The molecule has 2 fully saturated rings. The van der Waals surface area contributed by atoms with Gasteiger partial charge in [0.25, 0.3) is 0 Å². The number of alkyl carbamates (subject to hydrolysis) is 1. The number of benzene rings is 3. The predicted molar refractivity (Wildman–Crippen MR) is 270 cm³/mol. The fourth-order valence-electron chi connectivity index (χ4n) is 9.19. The van der Waals surface area contributed by atoms with Gasteiger partial charge >= 0.3 is 6.09 Å². The van der Waals surface area contributed by atoms with Crippen LogP contribution < -0.4 is 37.2 Å². The van der Waals surface area contributed by atoms with Crippen LogP contribution in [0.5, 0.6) is 0 Å². The minimum Gasteiger partial charge on any atom is -0.444 e. The summed E-state index contributed by atoms with van der Waals surface area (Å²) in [4.78, 5) is 104. The van der Waals surface area contributed by atoms with E-state index in [0.717, 1.165) is 27.6 Å². The molecule has 8 atom stereocenters.